The fourth-order valence-corrected chi connectivity index (χ4v) is 2.51. The normalized spacial score (nSPS) is 10.8. The predicted octanol–water partition coefficient (Wildman–Crippen LogP) is 4.75. The lowest BCUT2D eigenvalue weighted by Crippen LogP contribution is -2.02. The molecular weight excluding hydrogens is 317 g/mol. The average molecular weight is 339 g/mol. The molecule has 1 heterocycles. The second-order valence-corrected chi connectivity index (χ2v) is 5.88. The summed E-state index contributed by atoms with van der Waals surface area (Å²) >= 11 is 0. The Morgan fingerprint density at radius 3 is 2.12 bits per heavy atom. The highest BCUT2D eigenvalue weighted by Crippen LogP contribution is 2.23. The predicted molar refractivity (Wildman–Crippen MR) is 108 cm³/mol. The van der Waals surface area contributed by atoms with Crippen LogP contribution in [0.5, 0.6) is 0 Å². The van der Waals surface area contributed by atoms with Gasteiger partial charge < -0.3 is 4.57 Å². The van der Waals surface area contributed by atoms with Gasteiger partial charge in [-0.3, -0.25) is 0 Å². The van der Waals surface area contributed by atoms with Crippen LogP contribution >= 0.6 is 0 Å². The highest BCUT2D eigenvalue weighted by molar-refractivity contribution is 6.10. The fraction of sp³-hybridized carbons (Fsp3) is 0.182. The van der Waals surface area contributed by atoms with E-state index in [1.54, 1.807) is 12.5 Å². The van der Waals surface area contributed by atoms with Crippen molar-refractivity contribution in [2.75, 3.05) is 0 Å². The highest BCUT2D eigenvalue weighted by atomic mass is 15.0. The van der Waals surface area contributed by atoms with Crippen LogP contribution in [0.4, 0.5) is 0 Å². The molecule has 1 unspecified atom stereocenters. The van der Waals surface area contributed by atoms with Crippen molar-refractivity contribution in [3.8, 4) is 6.07 Å². The second-order valence-electron chi connectivity index (χ2n) is 5.88. The van der Waals surface area contributed by atoms with Crippen LogP contribution in [-0.2, 0) is 6.54 Å². The molecule has 0 saturated carbocycles. The molecule has 0 aliphatic rings. The molecule has 128 valence electrons. The molecule has 0 aliphatic carbocycles. The number of rotatable bonds is 5. The molecule has 0 amide bonds. The van der Waals surface area contributed by atoms with Gasteiger partial charge in [0, 0.05) is 18.9 Å². The van der Waals surface area contributed by atoms with Crippen LogP contribution in [0.15, 0.2) is 85.5 Å². The molecule has 3 rings (SSSR count). The van der Waals surface area contributed by atoms with Crippen molar-refractivity contribution >= 4 is 13.4 Å². The third-order valence-corrected chi connectivity index (χ3v) is 3.76. The first-order valence-electron chi connectivity index (χ1n) is 8.61. The number of allylic oxidation sites excluding steroid dienone is 1. The Kier molecular flexibility index (Phi) is 7.96. The quantitative estimate of drug-likeness (QED) is 0.630. The fourth-order valence-electron chi connectivity index (χ4n) is 2.51. The zero-order chi connectivity index (χ0) is 18.6. The van der Waals surface area contributed by atoms with Crippen LogP contribution < -0.4 is 0 Å². The first-order chi connectivity index (χ1) is 12.7. The van der Waals surface area contributed by atoms with E-state index in [9.17, 15) is 0 Å². The largest absolute Gasteiger partial charge is 0.336 e. The highest BCUT2D eigenvalue weighted by Gasteiger charge is 2.02. The number of hydrogen-bond donors (Lipinski definition) is 0. The summed E-state index contributed by atoms with van der Waals surface area (Å²) < 4.78 is 1.90. The van der Waals surface area contributed by atoms with Gasteiger partial charge in [0.2, 0.25) is 0 Å². The van der Waals surface area contributed by atoms with E-state index in [2.05, 4.69) is 41.4 Å². The van der Waals surface area contributed by atoms with Gasteiger partial charge in [-0.05, 0) is 23.6 Å². The summed E-state index contributed by atoms with van der Waals surface area (Å²) in [7, 11) is 5.63. The van der Waals surface area contributed by atoms with Gasteiger partial charge in [-0.1, -0.05) is 73.1 Å². The molecule has 0 saturated heterocycles. The Bertz CT molecular complexity index is 777. The minimum Gasteiger partial charge on any atom is -0.336 e. The number of nitrogens with zero attached hydrogens (tertiary/aromatic N) is 3. The molecule has 1 aromatic heterocycles. The van der Waals surface area contributed by atoms with Crippen molar-refractivity contribution in [1.82, 2.24) is 9.55 Å². The number of nitriles is 1. The van der Waals surface area contributed by atoms with E-state index in [1.165, 1.54) is 16.7 Å². The molecule has 3 aromatic rings. The van der Waals surface area contributed by atoms with Gasteiger partial charge in [0.05, 0.1) is 26.2 Å². The van der Waals surface area contributed by atoms with Crippen molar-refractivity contribution in [3.63, 3.8) is 0 Å². The lowest BCUT2D eigenvalue weighted by atomic mass is 9.93. The first-order valence-corrected chi connectivity index (χ1v) is 8.61. The lowest BCUT2D eigenvalue weighted by Gasteiger charge is -2.07. The number of aromatic nitrogens is 2. The molecule has 3 nitrogen and oxygen atoms in total. The minimum absolute atomic E-state index is 0.0641. The summed E-state index contributed by atoms with van der Waals surface area (Å²) in [6, 6.07) is 22.8. The smallest absolute Gasteiger partial charge is 0.0946 e. The maximum absolute atomic E-state index is 8.45. The first kappa shape index (κ1) is 19.3. The number of imidazole rings is 1. The third kappa shape index (κ3) is 6.10. The lowest BCUT2D eigenvalue weighted by molar-refractivity contribution is 0.580. The Balaban J connectivity index is 0.000000209. The molecule has 4 heteroatoms. The molecule has 2 aromatic carbocycles. The second kappa shape index (κ2) is 10.7. The van der Waals surface area contributed by atoms with Crippen LogP contribution in [0.1, 0.15) is 18.1 Å². The number of benzene rings is 2. The summed E-state index contributed by atoms with van der Waals surface area (Å²) in [6.07, 6.45) is 7.90. The summed E-state index contributed by atoms with van der Waals surface area (Å²) in [5.41, 5.74) is 3.61. The molecule has 26 heavy (non-hydrogen) atoms. The summed E-state index contributed by atoms with van der Waals surface area (Å²) in [5, 5.41) is 8.45. The molecule has 1 atom stereocenters. The van der Waals surface area contributed by atoms with Gasteiger partial charge in [0.1, 0.15) is 0 Å². The van der Waals surface area contributed by atoms with Crippen LogP contribution in [0.25, 0.3) is 5.57 Å². The van der Waals surface area contributed by atoms with Gasteiger partial charge in [-0.25, -0.2) is 4.98 Å². The Morgan fingerprint density at radius 2 is 1.69 bits per heavy atom. The maximum atomic E-state index is 8.45. The zero-order valence-corrected chi connectivity index (χ0v) is 15.0. The van der Waals surface area contributed by atoms with Gasteiger partial charge in [-0.15, -0.1) is 0 Å². The Morgan fingerprint density at radius 1 is 1.12 bits per heavy atom. The van der Waals surface area contributed by atoms with Crippen LogP contribution in [0.2, 0.25) is 6.32 Å². The molecule has 0 fully saturated rings. The van der Waals surface area contributed by atoms with E-state index in [-0.39, 0.29) is 5.92 Å². The van der Waals surface area contributed by atoms with Crippen molar-refractivity contribution in [2.45, 2.75) is 19.8 Å². The van der Waals surface area contributed by atoms with Crippen LogP contribution in [0, 0.1) is 17.2 Å². The Hall–Kier alpha value is -3.06. The van der Waals surface area contributed by atoms with Gasteiger partial charge >= 0.3 is 0 Å². The van der Waals surface area contributed by atoms with E-state index in [4.69, 9.17) is 13.1 Å². The molecular formula is C22H22BN3. The van der Waals surface area contributed by atoms with Gasteiger partial charge in [-0.2, -0.15) is 5.26 Å². The van der Waals surface area contributed by atoms with Gasteiger partial charge in [0.25, 0.3) is 0 Å². The van der Waals surface area contributed by atoms with E-state index in [1.807, 2.05) is 54.1 Å². The van der Waals surface area contributed by atoms with E-state index in [0.29, 0.717) is 6.32 Å². The van der Waals surface area contributed by atoms with Crippen molar-refractivity contribution in [3.05, 3.63) is 96.6 Å². The van der Waals surface area contributed by atoms with Crippen LogP contribution in [0.3, 0.4) is 0 Å². The van der Waals surface area contributed by atoms with Crippen molar-refractivity contribution < 1.29 is 0 Å². The summed E-state index contributed by atoms with van der Waals surface area (Å²) in [6.45, 7) is 2.62. The Labute approximate surface area is 157 Å². The molecule has 2 radical (unpaired) electrons. The van der Waals surface area contributed by atoms with E-state index in [0.717, 1.165) is 6.54 Å². The van der Waals surface area contributed by atoms with Crippen molar-refractivity contribution in [2.24, 2.45) is 5.92 Å². The molecule has 0 spiro atoms. The maximum Gasteiger partial charge on any atom is 0.0946 e. The summed E-state index contributed by atoms with van der Waals surface area (Å²) in [5.74, 6) is 0.0641. The molecule has 0 N–H and O–H groups in total. The minimum atomic E-state index is 0.0641. The standard InChI is InChI=1S/C15H13B.C7H9N3/c16-12-11-15(13-7-3-1-4-8-13)14-9-5-2-6-10-14;1-7(4-8)5-10-3-2-9-6-10/h1-11H,12H2;2-3,6-7H,5H2,1H3. The van der Waals surface area contributed by atoms with Crippen molar-refractivity contribution in [1.29, 1.82) is 5.26 Å². The van der Waals surface area contributed by atoms with Crippen LogP contribution in [-0.4, -0.2) is 17.4 Å². The average Bonchev–Trinajstić information content (AvgIpc) is 3.21. The molecule has 0 aliphatic heterocycles. The molecule has 0 bridgehead atoms. The van der Waals surface area contributed by atoms with Gasteiger partial charge in [0.15, 0.2) is 0 Å². The monoisotopic (exact) mass is 339 g/mol. The van der Waals surface area contributed by atoms with E-state index < -0.39 is 0 Å². The van der Waals surface area contributed by atoms with E-state index >= 15 is 0 Å². The zero-order valence-electron chi connectivity index (χ0n) is 15.0. The SMILES string of the molecule is CC(C#N)Cn1ccnc1.[B]CC=C(c1ccccc1)c1ccccc1. The number of hydrogen-bond acceptors (Lipinski definition) is 2. The topological polar surface area (TPSA) is 41.6 Å². The summed E-state index contributed by atoms with van der Waals surface area (Å²) in [4.78, 5) is 3.86. The third-order valence-electron chi connectivity index (χ3n) is 3.76.